The zero-order valence-electron chi connectivity index (χ0n) is 25.0. The standard InChI is InChI=1S/C34H36ClFN4O4/c1-33(2)12-11-21(26(14-33)20-3-5-22(35)6-4-20)15-38-16-34(17-38)18-39(19-34)32(44)29-24-8-7-23(36)13-25(24)31(43)40(29)27-9-10-28(41)37-30(27)42/h3-8,13,27,29H,9-12,14-19H2,1-2H3,(H,37,41,42). The lowest BCUT2D eigenvalue weighted by Gasteiger charge is -2.61. The van der Waals surface area contributed by atoms with Gasteiger partial charge in [0.15, 0.2) is 0 Å². The molecule has 1 spiro atoms. The van der Waals surface area contributed by atoms with Crippen molar-refractivity contribution >= 4 is 40.8 Å². The first kappa shape index (κ1) is 29.2. The minimum Gasteiger partial charge on any atom is -0.339 e. The van der Waals surface area contributed by atoms with Gasteiger partial charge in [-0.05, 0) is 72.1 Å². The van der Waals surface area contributed by atoms with E-state index in [1.807, 2.05) is 12.1 Å². The number of hydrogen-bond acceptors (Lipinski definition) is 5. The van der Waals surface area contributed by atoms with Gasteiger partial charge in [0.25, 0.3) is 5.91 Å². The molecule has 0 bridgehead atoms. The van der Waals surface area contributed by atoms with Crippen LogP contribution >= 0.6 is 11.6 Å². The molecule has 10 heteroatoms. The number of fused-ring (bicyclic) bond motifs is 1. The number of nitrogens with zero attached hydrogens (tertiary/aromatic N) is 3. The van der Waals surface area contributed by atoms with Crippen molar-refractivity contribution in [2.75, 3.05) is 32.7 Å². The van der Waals surface area contributed by atoms with Gasteiger partial charge in [-0.3, -0.25) is 29.4 Å². The van der Waals surface area contributed by atoms with E-state index in [4.69, 9.17) is 11.6 Å². The molecule has 4 heterocycles. The van der Waals surface area contributed by atoms with Crippen LogP contribution in [-0.2, 0) is 14.4 Å². The number of carbonyl (C=O) groups excluding carboxylic acids is 4. The van der Waals surface area contributed by atoms with Gasteiger partial charge in [-0.25, -0.2) is 4.39 Å². The van der Waals surface area contributed by atoms with Gasteiger partial charge >= 0.3 is 0 Å². The molecule has 0 radical (unpaired) electrons. The topological polar surface area (TPSA) is 90.0 Å². The molecule has 4 amide bonds. The zero-order chi connectivity index (χ0) is 31.0. The molecule has 1 aliphatic carbocycles. The van der Waals surface area contributed by atoms with Crippen LogP contribution in [0.25, 0.3) is 5.57 Å². The Morgan fingerprint density at radius 3 is 2.45 bits per heavy atom. The summed E-state index contributed by atoms with van der Waals surface area (Å²) in [6.07, 6.45) is 3.43. The van der Waals surface area contributed by atoms with Gasteiger partial charge in [-0.15, -0.1) is 0 Å². The van der Waals surface area contributed by atoms with Crippen LogP contribution in [0.3, 0.4) is 0 Å². The predicted octanol–water partition coefficient (Wildman–Crippen LogP) is 4.59. The minimum absolute atomic E-state index is 0.0122. The molecule has 0 aromatic heterocycles. The normalized spacial score (nSPS) is 26.0. The second-order valence-corrected chi connectivity index (χ2v) is 14.5. The van der Waals surface area contributed by atoms with E-state index in [0.29, 0.717) is 18.7 Å². The van der Waals surface area contributed by atoms with Crippen molar-refractivity contribution in [3.63, 3.8) is 0 Å². The maximum Gasteiger partial charge on any atom is 0.255 e. The van der Waals surface area contributed by atoms with E-state index in [9.17, 15) is 23.6 Å². The van der Waals surface area contributed by atoms with Crippen LogP contribution in [0.5, 0.6) is 0 Å². The maximum atomic E-state index is 14.1. The first-order valence-electron chi connectivity index (χ1n) is 15.4. The smallest absolute Gasteiger partial charge is 0.255 e. The lowest BCUT2D eigenvalue weighted by atomic mass is 9.70. The highest BCUT2D eigenvalue weighted by atomic mass is 35.5. The quantitative estimate of drug-likeness (QED) is 0.495. The van der Waals surface area contributed by atoms with Crippen molar-refractivity contribution in [2.45, 2.75) is 58.0 Å². The summed E-state index contributed by atoms with van der Waals surface area (Å²) in [5.74, 6) is -2.41. The van der Waals surface area contributed by atoms with E-state index in [-0.39, 0.29) is 35.1 Å². The molecular weight excluding hydrogens is 583 g/mol. The van der Waals surface area contributed by atoms with Gasteiger partial charge in [0.05, 0.1) is 0 Å². The van der Waals surface area contributed by atoms with Gasteiger partial charge in [-0.1, -0.05) is 49.2 Å². The van der Waals surface area contributed by atoms with Crippen LogP contribution in [0.2, 0.25) is 5.02 Å². The monoisotopic (exact) mass is 618 g/mol. The number of nitrogens with one attached hydrogen (secondary N) is 1. The van der Waals surface area contributed by atoms with Crippen LogP contribution in [-0.4, -0.2) is 77.1 Å². The SMILES string of the molecule is CC1(C)CCC(CN2CC3(C2)CN(C(=O)C2c4ccc(F)cc4C(=O)N2C2CCC(=O)NC2=O)C3)=C(c2ccc(Cl)cc2)C1. The lowest BCUT2D eigenvalue weighted by molar-refractivity contribution is -0.163. The van der Waals surface area contributed by atoms with Crippen molar-refractivity contribution in [1.29, 1.82) is 0 Å². The largest absolute Gasteiger partial charge is 0.339 e. The van der Waals surface area contributed by atoms with Gasteiger partial charge < -0.3 is 9.80 Å². The number of rotatable bonds is 5. The first-order chi connectivity index (χ1) is 20.9. The van der Waals surface area contributed by atoms with Gasteiger partial charge in [0, 0.05) is 55.1 Å². The number of halogens is 2. The fraction of sp³-hybridized carbons (Fsp3) is 0.471. The Labute approximate surface area is 261 Å². The molecule has 230 valence electrons. The molecule has 2 aromatic rings. The number of amides is 4. The van der Waals surface area contributed by atoms with E-state index in [1.165, 1.54) is 33.7 Å². The molecule has 3 saturated heterocycles. The molecule has 7 rings (SSSR count). The van der Waals surface area contributed by atoms with Crippen molar-refractivity contribution in [3.05, 3.63) is 75.6 Å². The Kier molecular flexibility index (Phi) is 6.97. The molecule has 4 aliphatic heterocycles. The summed E-state index contributed by atoms with van der Waals surface area (Å²) in [6, 6.07) is 9.98. The molecule has 2 unspecified atom stereocenters. The van der Waals surface area contributed by atoms with Crippen LogP contribution in [0.4, 0.5) is 4.39 Å². The van der Waals surface area contributed by atoms with E-state index in [1.54, 1.807) is 4.90 Å². The summed E-state index contributed by atoms with van der Waals surface area (Å²) in [5.41, 5.74) is 4.89. The average Bonchev–Trinajstić information content (AvgIpc) is 3.21. The summed E-state index contributed by atoms with van der Waals surface area (Å²) in [4.78, 5) is 57.4. The summed E-state index contributed by atoms with van der Waals surface area (Å²) in [6.45, 7) is 8.48. The van der Waals surface area contributed by atoms with E-state index in [0.717, 1.165) is 50.0 Å². The summed E-state index contributed by atoms with van der Waals surface area (Å²) < 4.78 is 14.1. The average molecular weight is 619 g/mol. The van der Waals surface area contributed by atoms with Gasteiger partial charge in [-0.2, -0.15) is 0 Å². The second kappa shape index (κ2) is 10.5. The van der Waals surface area contributed by atoms with E-state index >= 15 is 0 Å². The molecule has 1 N–H and O–H groups in total. The van der Waals surface area contributed by atoms with Crippen LogP contribution < -0.4 is 5.32 Å². The highest BCUT2D eigenvalue weighted by molar-refractivity contribution is 6.30. The Balaban J connectivity index is 1.05. The van der Waals surface area contributed by atoms with Gasteiger partial charge in [0.2, 0.25) is 17.7 Å². The molecular formula is C34H36ClFN4O4. The predicted molar refractivity (Wildman–Crippen MR) is 163 cm³/mol. The molecule has 0 saturated carbocycles. The Hall–Kier alpha value is -3.56. The van der Waals surface area contributed by atoms with Crippen molar-refractivity contribution in [2.24, 2.45) is 10.8 Å². The van der Waals surface area contributed by atoms with Crippen LogP contribution in [0.15, 0.2) is 48.0 Å². The first-order valence-corrected chi connectivity index (χ1v) is 15.7. The van der Waals surface area contributed by atoms with Crippen molar-refractivity contribution in [1.82, 2.24) is 20.0 Å². The zero-order valence-corrected chi connectivity index (χ0v) is 25.8. The third kappa shape index (κ3) is 5.04. The number of allylic oxidation sites excluding steroid dienone is 1. The summed E-state index contributed by atoms with van der Waals surface area (Å²) in [5, 5.41) is 3.02. The molecule has 8 nitrogen and oxygen atoms in total. The number of carbonyl (C=O) groups is 4. The Morgan fingerprint density at radius 1 is 1.02 bits per heavy atom. The fourth-order valence-corrected chi connectivity index (χ4v) is 8.05. The van der Waals surface area contributed by atoms with E-state index < -0.39 is 35.6 Å². The van der Waals surface area contributed by atoms with Crippen LogP contribution in [0, 0.1) is 16.6 Å². The second-order valence-electron chi connectivity index (χ2n) is 14.1. The molecule has 2 atom stereocenters. The van der Waals surface area contributed by atoms with E-state index in [2.05, 4.69) is 36.2 Å². The van der Waals surface area contributed by atoms with Crippen LogP contribution in [0.1, 0.15) is 73.5 Å². The van der Waals surface area contributed by atoms with Gasteiger partial charge in [0.1, 0.15) is 17.9 Å². The molecule has 5 aliphatic rings. The third-order valence-electron chi connectivity index (χ3n) is 10.1. The minimum atomic E-state index is -1.02. The number of likely N-dealkylation sites (tertiary alicyclic amines) is 2. The lowest BCUT2D eigenvalue weighted by Crippen LogP contribution is -2.73. The molecule has 44 heavy (non-hydrogen) atoms. The number of piperidine rings is 1. The highest BCUT2D eigenvalue weighted by Crippen LogP contribution is 2.47. The number of benzene rings is 2. The van der Waals surface area contributed by atoms with Crippen molar-refractivity contribution in [3.8, 4) is 0 Å². The van der Waals surface area contributed by atoms with Crippen molar-refractivity contribution < 1.29 is 23.6 Å². The maximum absolute atomic E-state index is 14.1. The number of hydrogen-bond donors (Lipinski definition) is 1. The Morgan fingerprint density at radius 2 is 1.75 bits per heavy atom. The fourth-order valence-electron chi connectivity index (χ4n) is 7.92. The molecule has 2 aromatic carbocycles. The summed E-state index contributed by atoms with van der Waals surface area (Å²) in [7, 11) is 0. The summed E-state index contributed by atoms with van der Waals surface area (Å²) >= 11 is 6.17. The third-order valence-corrected chi connectivity index (χ3v) is 10.4. The number of imide groups is 1. The highest BCUT2D eigenvalue weighted by Gasteiger charge is 2.56. The molecule has 3 fully saturated rings. The Bertz CT molecular complexity index is 1610.